The Morgan fingerprint density at radius 1 is 1.24 bits per heavy atom. The van der Waals surface area contributed by atoms with Crippen LogP contribution in [0.1, 0.15) is 20.8 Å². The molecule has 3 N–H and O–H groups in total. The molecule has 1 atom stereocenters. The first-order valence-electron chi connectivity index (χ1n) is 6.38. The molecular formula is C14H18N2O5. The summed E-state index contributed by atoms with van der Waals surface area (Å²) in [6, 6.07) is 4.60. The normalized spacial score (nSPS) is 11.6. The summed E-state index contributed by atoms with van der Waals surface area (Å²) in [6.45, 7) is 4.66. The van der Waals surface area contributed by atoms with E-state index >= 15 is 0 Å². The summed E-state index contributed by atoms with van der Waals surface area (Å²) in [6.07, 6.45) is 0. The molecule has 7 nitrogen and oxygen atoms in total. The van der Waals surface area contributed by atoms with E-state index in [0.29, 0.717) is 11.4 Å². The van der Waals surface area contributed by atoms with Gasteiger partial charge >= 0.3 is 18.0 Å². The van der Waals surface area contributed by atoms with Crippen LogP contribution in [0.5, 0.6) is 5.75 Å². The molecule has 0 aliphatic carbocycles. The topological polar surface area (TPSA) is 105 Å². The fourth-order valence-corrected chi connectivity index (χ4v) is 1.63. The van der Waals surface area contributed by atoms with Crippen LogP contribution in [0.3, 0.4) is 0 Å². The van der Waals surface area contributed by atoms with Gasteiger partial charge < -0.3 is 20.5 Å². The van der Waals surface area contributed by atoms with Gasteiger partial charge in [-0.25, -0.2) is 9.59 Å². The highest BCUT2D eigenvalue weighted by molar-refractivity contribution is 5.92. The van der Waals surface area contributed by atoms with Crippen molar-refractivity contribution >= 4 is 23.7 Å². The maximum atomic E-state index is 11.8. The van der Waals surface area contributed by atoms with Gasteiger partial charge in [-0.1, -0.05) is 19.9 Å². The number of amides is 2. The molecule has 0 fully saturated rings. The maximum Gasteiger partial charge on any atom is 0.326 e. The van der Waals surface area contributed by atoms with E-state index in [9.17, 15) is 14.4 Å². The van der Waals surface area contributed by atoms with E-state index < -0.39 is 24.0 Å². The van der Waals surface area contributed by atoms with Crippen LogP contribution in [0, 0.1) is 5.92 Å². The molecule has 21 heavy (non-hydrogen) atoms. The van der Waals surface area contributed by atoms with Crippen molar-refractivity contribution < 1.29 is 24.2 Å². The van der Waals surface area contributed by atoms with Crippen molar-refractivity contribution in [1.82, 2.24) is 5.32 Å². The molecule has 0 aliphatic rings. The Labute approximate surface area is 122 Å². The molecule has 0 aromatic heterocycles. The molecule has 0 radical (unpaired) electrons. The molecule has 0 bridgehead atoms. The van der Waals surface area contributed by atoms with E-state index in [1.807, 2.05) is 0 Å². The van der Waals surface area contributed by atoms with Gasteiger partial charge in [-0.2, -0.15) is 0 Å². The lowest BCUT2D eigenvalue weighted by atomic mass is 10.1. The Kier molecular flexibility index (Phi) is 5.71. The SMILES string of the molecule is CC(=O)Oc1cccc(NC(=O)NC(C(=O)O)C(C)C)c1. The summed E-state index contributed by atoms with van der Waals surface area (Å²) >= 11 is 0. The minimum Gasteiger partial charge on any atom is -0.480 e. The van der Waals surface area contributed by atoms with Crippen molar-refractivity contribution in [2.24, 2.45) is 5.92 Å². The van der Waals surface area contributed by atoms with Crippen LogP contribution in [-0.4, -0.2) is 29.1 Å². The number of nitrogens with one attached hydrogen (secondary N) is 2. The number of carbonyl (C=O) groups excluding carboxylic acids is 2. The number of carboxylic acid groups (broad SMARTS) is 1. The number of hydrogen-bond donors (Lipinski definition) is 3. The van der Waals surface area contributed by atoms with Crippen LogP contribution in [0.2, 0.25) is 0 Å². The summed E-state index contributed by atoms with van der Waals surface area (Å²) in [7, 11) is 0. The lowest BCUT2D eigenvalue weighted by molar-refractivity contribution is -0.140. The van der Waals surface area contributed by atoms with Crippen LogP contribution >= 0.6 is 0 Å². The smallest absolute Gasteiger partial charge is 0.326 e. The number of anilines is 1. The van der Waals surface area contributed by atoms with Crippen molar-refractivity contribution in [2.75, 3.05) is 5.32 Å². The van der Waals surface area contributed by atoms with Gasteiger partial charge in [0.1, 0.15) is 11.8 Å². The molecule has 1 rings (SSSR count). The van der Waals surface area contributed by atoms with Gasteiger partial charge in [0, 0.05) is 18.7 Å². The standard InChI is InChI=1S/C14H18N2O5/c1-8(2)12(13(18)19)16-14(20)15-10-5-4-6-11(7-10)21-9(3)17/h4-8,12H,1-3H3,(H,18,19)(H2,15,16,20). The molecule has 114 valence electrons. The van der Waals surface area contributed by atoms with Crippen molar-refractivity contribution in [2.45, 2.75) is 26.8 Å². The van der Waals surface area contributed by atoms with Gasteiger partial charge in [-0.3, -0.25) is 4.79 Å². The average molecular weight is 294 g/mol. The molecule has 7 heteroatoms. The third-order valence-corrected chi connectivity index (χ3v) is 2.57. The third-order valence-electron chi connectivity index (χ3n) is 2.57. The van der Waals surface area contributed by atoms with E-state index in [2.05, 4.69) is 10.6 Å². The zero-order valence-corrected chi connectivity index (χ0v) is 12.0. The molecule has 2 amide bonds. The fourth-order valence-electron chi connectivity index (χ4n) is 1.63. The highest BCUT2D eigenvalue weighted by atomic mass is 16.5. The molecule has 0 saturated carbocycles. The molecule has 0 heterocycles. The second-order valence-electron chi connectivity index (χ2n) is 4.78. The van der Waals surface area contributed by atoms with E-state index in [4.69, 9.17) is 9.84 Å². The summed E-state index contributed by atoms with van der Waals surface area (Å²) in [5, 5.41) is 13.9. The van der Waals surface area contributed by atoms with Gasteiger partial charge in [-0.15, -0.1) is 0 Å². The first kappa shape index (κ1) is 16.5. The van der Waals surface area contributed by atoms with Crippen molar-refractivity contribution in [3.8, 4) is 5.75 Å². The highest BCUT2D eigenvalue weighted by Gasteiger charge is 2.23. The number of hydrogen-bond acceptors (Lipinski definition) is 4. The Bertz CT molecular complexity index is 542. The van der Waals surface area contributed by atoms with Crippen LogP contribution in [0.4, 0.5) is 10.5 Å². The number of benzene rings is 1. The predicted octanol–water partition coefficient (Wildman–Crippen LogP) is 1.84. The molecule has 1 aromatic carbocycles. The predicted molar refractivity (Wildman–Crippen MR) is 76.2 cm³/mol. The minimum atomic E-state index is -1.10. The zero-order valence-electron chi connectivity index (χ0n) is 12.0. The van der Waals surface area contributed by atoms with E-state index in [1.54, 1.807) is 32.0 Å². The van der Waals surface area contributed by atoms with Crippen molar-refractivity contribution in [3.05, 3.63) is 24.3 Å². The lowest BCUT2D eigenvalue weighted by Gasteiger charge is -2.18. The van der Waals surface area contributed by atoms with E-state index in [-0.39, 0.29) is 5.92 Å². The average Bonchev–Trinajstić information content (AvgIpc) is 2.34. The first-order chi connectivity index (χ1) is 9.79. The van der Waals surface area contributed by atoms with Gasteiger partial charge in [0.25, 0.3) is 0 Å². The Balaban J connectivity index is 2.70. The highest BCUT2D eigenvalue weighted by Crippen LogP contribution is 2.17. The molecule has 0 aliphatic heterocycles. The van der Waals surface area contributed by atoms with Crippen LogP contribution in [0.15, 0.2) is 24.3 Å². The third kappa shape index (κ3) is 5.52. The number of ether oxygens (including phenoxy) is 1. The number of esters is 1. The number of rotatable bonds is 5. The first-order valence-corrected chi connectivity index (χ1v) is 6.38. The Morgan fingerprint density at radius 2 is 1.90 bits per heavy atom. The summed E-state index contributed by atoms with van der Waals surface area (Å²) < 4.78 is 4.89. The van der Waals surface area contributed by atoms with Crippen LogP contribution < -0.4 is 15.4 Å². The monoisotopic (exact) mass is 294 g/mol. The van der Waals surface area contributed by atoms with Gasteiger partial charge in [0.15, 0.2) is 0 Å². The largest absolute Gasteiger partial charge is 0.480 e. The number of aliphatic carboxylic acids is 1. The Hall–Kier alpha value is -2.57. The fraction of sp³-hybridized carbons (Fsp3) is 0.357. The maximum absolute atomic E-state index is 11.8. The lowest BCUT2D eigenvalue weighted by Crippen LogP contribution is -2.46. The van der Waals surface area contributed by atoms with E-state index in [0.717, 1.165) is 0 Å². The second-order valence-corrected chi connectivity index (χ2v) is 4.78. The quantitative estimate of drug-likeness (QED) is 0.567. The van der Waals surface area contributed by atoms with Gasteiger partial charge in [0.05, 0.1) is 0 Å². The van der Waals surface area contributed by atoms with Crippen molar-refractivity contribution in [3.63, 3.8) is 0 Å². The van der Waals surface area contributed by atoms with Gasteiger partial charge in [-0.05, 0) is 18.1 Å². The number of carbonyl (C=O) groups is 3. The summed E-state index contributed by atoms with van der Waals surface area (Å²) in [4.78, 5) is 33.6. The molecular weight excluding hydrogens is 276 g/mol. The summed E-state index contributed by atoms with van der Waals surface area (Å²) in [5.74, 6) is -1.53. The second kappa shape index (κ2) is 7.28. The van der Waals surface area contributed by atoms with Crippen LogP contribution in [-0.2, 0) is 9.59 Å². The Morgan fingerprint density at radius 3 is 2.43 bits per heavy atom. The number of carboxylic acids is 1. The zero-order chi connectivity index (χ0) is 16.0. The molecule has 0 spiro atoms. The van der Waals surface area contributed by atoms with E-state index in [1.165, 1.54) is 13.0 Å². The van der Waals surface area contributed by atoms with Crippen molar-refractivity contribution in [1.29, 1.82) is 0 Å². The minimum absolute atomic E-state index is 0.249. The summed E-state index contributed by atoms with van der Waals surface area (Å²) in [5.41, 5.74) is 0.388. The number of urea groups is 1. The van der Waals surface area contributed by atoms with Gasteiger partial charge in [0.2, 0.25) is 0 Å². The molecule has 1 aromatic rings. The molecule has 1 unspecified atom stereocenters. The van der Waals surface area contributed by atoms with Crippen LogP contribution in [0.25, 0.3) is 0 Å². The molecule has 0 saturated heterocycles.